The van der Waals surface area contributed by atoms with Crippen molar-refractivity contribution in [2.75, 3.05) is 12.0 Å². The molecule has 4 aromatic rings. The number of ether oxygens (including phenoxy) is 1. The summed E-state index contributed by atoms with van der Waals surface area (Å²) < 4.78 is 19.7. The van der Waals surface area contributed by atoms with Crippen molar-refractivity contribution in [2.24, 2.45) is 10.1 Å². The first kappa shape index (κ1) is 27.6. The van der Waals surface area contributed by atoms with Crippen molar-refractivity contribution >= 4 is 39.9 Å². The van der Waals surface area contributed by atoms with E-state index < -0.39 is 17.8 Å². The molecular weight excluding hydrogens is 537 g/mol. The number of nitrogens with zero attached hydrogens (tertiary/aromatic N) is 4. The number of aryl methyl sites for hydroxylation is 1. The molecule has 0 amide bonds. The smallest absolute Gasteiger partial charge is 0.303 e. The zero-order valence-corrected chi connectivity index (χ0v) is 23.7. The topological polar surface area (TPSA) is 112 Å². The van der Waals surface area contributed by atoms with Gasteiger partial charge in [-0.05, 0) is 68.7 Å². The first-order chi connectivity index (χ1) is 20.3. The van der Waals surface area contributed by atoms with Crippen molar-refractivity contribution in [3.05, 3.63) is 89.0 Å². The molecule has 0 radical (unpaired) electrons. The Morgan fingerprint density at radius 2 is 2.00 bits per heavy atom. The van der Waals surface area contributed by atoms with Crippen LogP contribution in [0.2, 0.25) is 0 Å². The number of methoxy groups -OCH3 is 1. The van der Waals surface area contributed by atoms with E-state index in [0.29, 0.717) is 25.7 Å². The number of carboxylic acid groups (broad SMARTS) is 1. The van der Waals surface area contributed by atoms with Gasteiger partial charge in [0.15, 0.2) is 17.7 Å². The minimum absolute atomic E-state index is 0.0850. The fourth-order valence-corrected chi connectivity index (χ4v) is 5.60. The number of benzene rings is 3. The number of imidazole rings is 1. The number of fused-ring (bicyclic) bond motifs is 2. The van der Waals surface area contributed by atoms with Gasteiger partial charge < -0.3 is 19.7 Å². The summed E-state index contributed by atoms with van der Waals surface area (Å²) >= 11 is 0. The summed E-state index contributed by atoms with van der Waals surface area (Å²) in [7, 11) is 1.63. The highest BCUT2D eigenvalue weighted by Gasteiger charge is 2.40. The lowest BCUT2D eigenvalue weighted by Gasteiger charge is -2.37. The van der Waals surface area contributed by atoms with Gasteiger partial charge in [-0.25, -0.2) is 14.4 Å². The number of unbranched alkanes of at least 4 members (excludes halogenated alkanes) is 1. The van der Waals surface area contributed by atoms with E-state index in [1.54, 1.807) is 19.2 Å². The highest BCUT2D eigenvalue weighted by atomic mass is 19.1. The lowest BCUT2D eigenvalue weighted by molar-refractivity contribution is -0.137. The Balaban J connectivity index is 1.31. The fourth-order valence-electron chi connectivity index (χ4n) is 5.60. The molecule has 3 heterocycles. The van der Waals surface area contributed by atoms with Gasteiger partial charge in [-0.3, -0.25) is 9.69 Å². The zero-order valence-electron chi connectivity index (χ0n) is 23.7. The first-order valence-corrected chi connectivity index (χ1v) is 14.0. The predicted molar refractivity (Wildman–Crippen MR) is 159 cm³/mol. The number of H-pyrrole nitrogens is 1. The van der Waals surface area contributed by atoms with Crippen LogP contribution in [0.15, 0.2) is 70.8 Å². The summed E-state index contributed by atoms with van der Waals surface area (Å²) in [5.41, 5.74) is 6.21. The van der Waals surface area contributed by atoms with Gasteiger partial charge in [-0.2, -0.15) is 0 Å². The maximum Gasteiger partial charge on any atom is 0.303 e. The second-order valence-electron chi connectivity index (χ2n) is 10.9. The molecule has 3 aromatic carbocycles. The van der Waals surface area contributed by atoms with E-state index in [-0.39, 0.29) is 12.2 Å². The summed E-state index contributed by atoms with van der Waals surface area (Å²) in [4.78, 5) is 32.2. The van der Waals surface area contributed by atoms with Crippen molar-refractivity contribution in [3.63, 3.8) is 0 Å². The number of halogens is 1. The summed E-state index contributed by atoms with van der Waals surface area (Å²) in [5, 5.41) is 13.5. The van der Waals surface area contributed by atoms with Gasteiger partial charge in [0.25, 0.3) is 0 Å². The molecule has 10 heteroatoms. The summed E-state index contributed by atoms with van der Waals surface area (Å²) in [6.45, 7) is 4.01. The van der Waals surface area contributed by atoms with Gasteiger partial charge in [-0.1, -0.05) is 29.4 Å². The number of carbonyl (C=O) groups is 1. The van der Waals surface area contributed by atoms with Crippen LogP contribution >= 0.6 is 0 Å². The number of amidine groups is 1. The molecule has 2 atom stereocenters. The number of aromatic amines is 1. The molecule has 6 rings (SSSR count). The average molecular weight is 570 g/mol. The van der Waals surface area contributed by atoms with Crippen LogP contribution in [0.4, 0.5) is 15.8 Å². The number of aliphatic carboxylic acids is 1. The predicted octanol–water partition coefficient (Wildman–Crippen LogP) is 6.89. The van der Waals surface area contributed by atoms with E-state index >= 15 is 0 Å². The summed E-state index contributed by atoms with van der Waals surface area (Å²) in [5.74, 6) is 0.277. The maximum atomic E-state index is 13.8. The molecular formula is C32H32FN5O4. The van der Waals surface area contributed by atoms with E-state index in [2.05, 4.69) is 10.1 Å². The van der Waals surface area contributed by atoms with Crippen LogP contribution in [0.3, 0.4) is 0 Å². The number of hydrogen-bond acceptors (Lipinski definition) is 7. The van der Waals surface area contributed by atoms with Crippen molar-refractivity contribution in [1.29, 1.82) is 0 Å². The number of rotatable bonds is 9. The Hall–Kier alpha value is -4.57. The molecule has 2 aliphatic rings. The van der Waals surface area contributed by atoms with Gasteiger partial charge in [0.05, 0.1) is 22.4 Å². The third-order valence-corrected chi connectivity index (χ3v) is 7.84. The van der Waals surface area contributed by atoms with Gasteiger partial charge in [0.1, 0.15) is 11.7 Å². The highest BCUT2D eigenvalue weighted by Crippen LogP contribution is 2.42. The molecule has 2 aliphatic heterocycles. The lowest BCUT2D eigenvalue weighted by atomic mass is 9.93. The molecule has 0 saturated carbocycles. The number of carboxylic acids is 1. The minimum Gasteiger partial charge on any atom is -0.481 e. The van der Waals surface area contributed by atoms with Crippen molar-refractivity contribution < 1.29 is 23.9 Å². The lowest BCUT2D eigenvalue weighted by Crippen LogP contribution is -2.38. The first-order valence-electron chi connectivity index (χ1n) is 14.0. The number of hydrogen-bond donors (Lipinski definition) is 2. The van der Waals surface area contributed by atoms with E-state index in [4.69, 9.17) is 24.7 Å². The van der Waals surface area contributed by atoms with Crippen LogP contribution < -0.4 is 4.90 Å². The number of nitrogens with one attached hydrogen (secondary N) is 1. The normalized spacial score (nSPS) is 19.8. The molecule has 9 nitrogen and oxygen atoms in total. The third-order valence-electron chi connectivity index (χ3n) is 7.84. The van der Waals surface area contributed by atoms with E-state index in [0.717, 1.165) is 56.5 Å². The molecule has 2 N–H and O–H groups in total. The molecule has 1 aromatic heterocycles. The Morgan fingerprint density at radius 1 is 1.19 bits per heavy atom. The van der Waals surface area contributed by atoms with Crippen LogP contribution in [0.5, 0.6) is 0 Å². The Bertz CT molecular complexity index is 1710. The molecule has 2 unspecified atom stereocenters. The zero-order chi connectivity index (χ0) is 29.4. The number of oxime groups is 1. The number of aromatic nitrogens is 2. The second-order valence-corrected chi connectivity index (χ2v) is 10.9. The standard InChI is InChI=1S/C32H32FN5O4/c1-19-7-6-8-24-29(19)36-31(35-24)32(2)18-26(37-42-32)20-11-16-23-25(17-20)34-27(9-4-5-10-28(39)40)38(30(23)41-3)22-14-12-21(33)13-15-22/h6-8,11-17,30H,4-5,9-10,18H2,1-3H3,(H,35,36)(H,39,40). The number of anilines is 1. The van der Waals surface area contributed by atoms with Crippen molar-refractivity contribution in [1.82, 2.24) is 9.97 Å². The molecule has 0 saturated heterocycles. The Morgan fingerprint density at radius 3 is 2.74 bits per heavy atom. The molecule has 216 valence electrons. The monoisotopic (exact) mass is 569 g/mol. The van der Waals surface area contributed by atoms with Gasteiger partial charge >= 0.3 is 5.97 Å². The van der Waals surface area contributed by atoms with E-state index in [9.17, 15) is 9.18 Å². The highest BCUT2D eigenvalue weighted by molar-refractivity contribution is 6.05. The van der Waals surface area contributed by atoms with Gasteiger partial charge in [0.2, 0.25) is 0 Å². The fraction of sp³-hybridized carbons (Fsp3) is 0.312. The van der Waals surface area contributed by atoms with Crippen molar-refractivity contribution in [2.45, 2.75) is 57.8 Å². The largest absolute Gasteiger partial charge is 0.481 e. The third kappa shape index (κ3) is 5.14. The quantitative estimate of drug-likeness (QED) is 0.212. The molecule has 0 bridgehead atoms. The van der Waals surface area contributed by atoms with Crippen LogP contribution in [0.1, 0.15) is 67.8 Å². The average Bonchev–Trinajstić information content (AvgIpc) is 3.61. The number of aliphatic imine (C=N–C) groups is 1. The van der Waals surface area contributed by atoms with Crippen LogP contribution in [0, 0.1) is 12.7 Å². The minimum atomic E-state index is -0.829. The molecule has 0 fully saturated rings. The van der Waals surface area contributed by atoms with E-state index in [1.807, 2.05) is 55.1 Å². The SMILES string of the molecule is COC1c2ccc(C3=NOC(C)(c4nc5c(C)cccc5[nH]4)C3)cc2N=C(CCCCC(=O)O)N1c1ccc(F)cc1. The molecule has 42 heavy (non-hydrogen) atoms. The number of para-hydroxylation sites is 1. The van der Waals surface area contributed by atoms with Crippen molar-refractivity contribution in [3.8, 4) is 0 Å². The van der Waals surface area contributed by atoms with Gasteiger partial charge in [0, 0.05) is 43.2 Å². The van der Waals surface area contributed by atoms with Crippen LogP contribution in [-0.4, -0.2) is 39.7 Å². The second kappa shape index (κ2) is 11.0. The Kier molecular flexibility index (Phi) is 7.24. The van der Waals surface area contributed by atoms with E-state index in [1.165, 1.54) is 12.1 Å². The summed E-state index contributed by atoms with van der Waals surface area (Å²) in [6, 6.07) is 18.2. The van der Waals surface area contributed by atoms with Crippen LogP contribution in [-0.2, 0) is 20.0 Å². The molecule has 0 aliphatic carbocycles. The Labute approximate surface area is 242 Å². The molecule has 0 spiro atoms. The summed E-state index contributed by atoms with van der Waals surface area (Å²) in [6.07, 6.45) is 1.78. The van der Waals surface area contributed by atoms with Gasteiger partial charge in [-0.15, -0.1) is 0 Å². The van der Waals surface area contributed by atoms with Crippen LogP contribution in [0.25, 0.3) is 11.0 Å². The maximum absolute atomic E-state index is 13.8.